The van der Waals surface area contributed by atoms with E-state index in [2.05, 4.69) is 4.72 Å². The molecule has 0 spiro atoms. The first-order chi connectivity index (χ1) is 13.1. The van der Waals surface area contributed by atoms with Crippen molar-refractivity contribution in [1.29, 1.82) is 0 Å². The molecule has 1 atom stereocenters. The number of nitrogens with one attached hydrogen (secondary N) is 1. The molecular formula is C18H22Cl2NO5PS. The van der Waals surface area contributed by atoms with Gasteiger partial charge in [-0.25, -0.2) is 8.42 Å². The first kappa shape index (κ1) is 23.4. The van der Waals surface area contributed by atoms with E-state index in [-0.39, 0.29) is 28.7 Å². The topological polar surface area (TPSA) is 81.7 Å². The molecule has 0 amide bonds. The van der Waals surface area contributed by atoms with Crippen LogP contribution in [0.3, 0.4) is 0 Å². The van der Waals surface area contributed by atoms with Crippen molar-refractivity contribution in [3.8, 4) is 0 Å². The summed E-state index contributed by atoms with van der Waals surface area (Å²) in [4.78, 5) is 0.0210. The highest BCUT2D eigenvalue weighted by Crippen LogP contribution is 2.61. The quantitative estimate of drug-likeness (QED) is 0.491. The third-order valence-electron chi connectivity index (χ3n) is 3.79. The maximum atomic E-state index is 13.5. The van der Waals surface area contributed by atoms with E-state index in [0.717, 1.165) is 5.56 Å². The predicted octanol–water partition coefficient (Wildman–Crippen LogP) is 5.55. The zero-order valence-electron chi connectivity index (χ0n) is 15.7. The van der Waals surface area contributed by atoms with Gasteiger partial charge in [0.15, 0.2) is 5.78 Å². The Kier molecular flexibility index (Phi) is 8.11. The lowest BCUT2D eigenvalue weighted by Crippen LogP contribution is -2.30. The van der Waals surface area contributed by atoms with Crippen LogP contribution in [-0.2, 0) is 23.6 Å². The number of halogens is 2. The molecule has 0 fully saturated rings. The van der Waals surface area contributed by atoms with E-state index in [4.69, 9.17) is 32.2 Å². The van der Waals surface area contributed by atoms with Crippen molar-refractivity contribution in [3.05, 3.63) is 63.6 Å². The molecule has 154 valence electrons. The van der Waals surface area contributed by atoms with Crippen molar-refractivity contribution in [2.45, 2.75) is 31.4 Å². The molecule has 0 saturated carbocycles. The van der Waals surface area contributed by atoms with Gasteiger partial charge in [-0.3, -0.25) is 4.57 Å². The number of aryl methyl sites for hydroxylation is 1. The molecular weight excluding hydrogens is 444 g/mol. The number of sulfonamides is 1. The summed E-state index contributed by atoms with van der Waals surface area (Å²) in [7, 11) is -7.98. The Bertz CT molecular complexity index is 956. The van der Waals surface area contributed by atoms with Crippen LogP contribution in [0.5, 0.6) is 0 Å². The molecule has 0 heterocycles. The van der Waals surface area contributed by atoms with Crippen molar-refractivity contribution in [3.63, 3.8) is 0 Å². The fourth-order valence-electron chi connectivity index (χ4n) is 2.50. The van der Waals surface area contributed by atoms with Crippen LogP contribution < -0.4 is 4.72 Å². The number of hydrogen-bond donors (Lipinski definition) is 1. The van der Waals surface area contributed by atoms with Crippen molar-refractivity contribution in [1.82, 2.24) is 4.72 Å². The molecule has 2 aromatic rings. The number of rotatable bonds is 9. The lowest BCUT2D eigenvalue weighted by molar-refractivity contribution is 0.210. The Morgan fingerprint density at radius 2 is 1.61 bits per heavy atom. The SMILES string of the molecule is CCOP(=O)(OCC)C(NS(=O)(=O)c1ccc(C)cc1)c1ccc(Cl)cc1Cl. The fourth-order valence-corrected chi connectivity index (χ4v) is 6.74. The highest BCUT2D eigenvalue weighted by Gasteiger charge is 2.41. The monoisotopic (exact) mass is 465 g/mol. The van der Waals surface area contributed by atoms with E-state index in [1.54, 1.807) is 26.0 Å². The Balaban J connectivity index is 2.57. The second-order valence-corrected chi connectivity index (χ2v) is 10.5. The summed E-state index contributed by atoms with van der Waals surface area (Å²) in [5.41, 5.74) is 1.15. The molecule has 0 aliphatic heterocycles. The summed E-state index contributed by atoms with van der Waals surface area (Å²) in [6.07, 6.45) is 0. The molecule has 2 aromatic carbocycles. The van der Waals surface area contributed by atoms with Gasteiger partial charge in [-0.1, -0.05) is 47.0 Å². The van der Waals surface area contributed by atoms with Crippen molar-refractivity contribution in [2.75, 3.05) is 13.2 Å². The Morgan fingerprint density at radius 1 is 1.04 bits per heavy atom. The third-order valence-corrected chi connectivity index (χ3v) is 8.24. The molecule has 0 aliphatic carbocycles. The summed E-state index contributed by atoms with van der Waals surface area (Å²) >= 11 is 12.2. The highest BCUT2D eigenvalue weighted by atomic mass is 35.5. The molecule has 6 nitrogen and oxygen atoms in total. The minimum Gasteiger partial charge on any atom is -0.308 e. The van der Waals surface area contributed by atoms with Crippen molar-refractivity contribution in [2.24, 2.45) is 0 Å². The molecule has 0 bridgehead atoms. The van der Waals surface area contributed by atoms with Crippen LogP contribution in [0.1, 0.15) is 30.8 Å². The summed E-state index contributed by atoms with van der Waals surface area (Å²) in [5, 5.41) is 0.500. The molecule has 0 aliphatic rings. The first-order valence-corrected chi connectivity index (χ1v) is 12.4. The van der Waals surface area contributed by atoms with Gasteiger partial charge in [0.05, 0.1) is 18.1 Å². The van der Waals surface area contributed by atoms with Gasteiger partial charge in [-0.2, -0.15) is 4.72 Å². The number of benzene rings is 2. The molecule has 0 aromatic heterocycles. The Labute approximate surface area is 175 Å². The molecule has 1 unspecified atom stereocenters. The smallest absolute Gasteiger partial charge is 0.308 e. The second kappa shape index (κ2) is 9.72. The molecule has 10 heteroatoms. The Hall–Kier alpha value is -0.920. The molecule has 2 rings (SSSR count). The summed E-state index contributed by atoms with van der Waals surface area (Å²) in [5.74, 6) is -1.34. The van der Waals surface area contributed by atoms with Crippen LogP contribution in [0.4, 0.5) is 0 Å². The minimum atomic E-state index is -4.04. The van der Waals surface area contributed by atoms with E-state index >= 15 is 0 Å². The van der Waals surface area contributed by atoms with Crippen LogP contribution in [0, 0.1) is 6.92 Å². The lowest BCUT2D eigenvalue weighted by Gasteiger charge is -2.28. The summed E-state index contributed by atoms with van der Waals surface area (Å²) in [6.45, 7) is 5.25. The van der Waals surface area contributed by atoms with Gasteiger partial charge in [0.25, 0.3) is 0 Å². The van der Waals surface area contributed by atoms with E-state index in [0.29, 0.717) is 5.02 Å². The van der Waals surface area contributed by atoms with Crippen LogP contribution >= 0.6 is 30.8 Å². The van der Waals surface area contributed by atoms with Crippen molar-refractivity contribution < 1.29 is 22.0 Å². The second-order valence-electron chi connectivity index (χ2n) is 5.88. The lowest BCUT2D eigenvalue weighted by atomic mass is 10.2. The average molecular weight is 466 g/mol. The van der Waals surface area contributed by atoms with E-state index in [1.165, 1.54) is 30.3 Å². The molecule has 1 N–H and O–H groups in total. The normalized spacial score (nSPS) is 13.5. The van der Waals surface area contributed by atoms with Gasteiger partial charge < -0.3 is 9.05 Å². The van der Waals surface area contributed by atoms with Gasteiger partial charge in [-0.05, 0) is 45.0 Å². The maximum Gasteiger partial charge on any atom is 0.352 e. The minimum absolute atomic E-state index is 0.0210. The zero-order chi connectivity index (χ0) is 20.9. The van der Waals surface area contributed by atoms with Crippen molar-refractivity contribution >= 4 is 40.8 Å². The van der Waals surface area contributed by atoms with E-state index in [1.807, 2.05) is 6.92 Å². The molecule has 0 radical (unpaired) electrons. The zero-order valence-corrected chi connectivity index (χ0v) is 18.9. The number of hydrogen-bond acceptors (Lipinski definition) is 5. The Morgan fingerprint density at radius 3 is 2.11 bits per heavy atom. The van der Waals surface area contributed by atoms with Crippen LogP contribution in [-0.4, -0.2) is 21.6 Å². The summed E-state index contributed by atoms with van der Waals surface area (Å²) in [6, 6.07) is 10.7. The fraction of sp³-hybridized carbons (Fsp3) is 0.333. The first-order valence-electron chi connectivity index (χ1n) is 8.55. The third kappa shape index (κ3) is 5.57. The molecule has 28 heavy (non-hydrogen) atoms. The predicted molar refractivity (Wildman–Crippen MR) is 112 cm³/mol. The maximum absolute atomic E-state index is 13.5. The van der Waals surface area contributed by atoms with E-state index < -0.39 is 23.4 Å². The van der Waals surface area contributed by atoms with Gasteiger partial charge in [0.2, 0.25) is 10.0 Å². The van der Waals surface area contributed by atoms with Gasteiger partial charge in [0, 0.05) is 15.6 Å². The van der Waals surface area contributed by atoms with E-state index in [9.17, 15) is 13.0 Å². The standard InChI is InChI=1S/C18H22Cl2NO5PS/c1-4-25-27(22,26-5-2)18(16-11-8-14(19)12-17(16)20)21-28(23,24)15-9-6-13(3)7-10-15/h6-12,18,21H,4-5H2,1-3H3. The van der Waals surface area contributed by atoms with Gasteiger partial charge in [0.1, 0.15) is 0 Å². The van der Waals surface area contributed by atoms with Crippen LogP contribution in [0.25, 0.3) is 0 Å². The van der Waals surface area contributed by atoms with Gasteiger partial charge in [-0.15, -0.1) is 0 Å². The molecule has 0 saturated heterocycles. The largest absolute Gasteiger partial charge is 0.352 e. The van der Waals surface area contributed by atoms with Crippen LogP contribution in [0.2, 0.25) is 10.0 Å². The van der Waals surface area contributed by atoms with Gasteiger partial charge >= 0.3 is 7.60 Å². The van der Waals surface area contributed by atoms with Crippen LogP contribution in [0.15, 0.2) is 47.4 Å². The highest BCUT2D eigenvalue weighted by molar-refractivity contribution is 7.89. The summed E-state index contributed by atoms with van der Waals surface area (Å²) < 4.78 is 52.6. The average Bonchev–Trinajstić information content (AvgIpc) is 2.61.